The van der Waals surface area contributed by atoms with Crippen molar-refractivity contribution in [2.75, 3.05) is 13.6 Å². The van der Waals surface area contributed by atoms with Crippen molar-refractivity contribution >= 4 is 11.9 Å². The van der Waals surface area contributed by atoms with Gasteiger partial charge in [0.2, 0.25) is 5.91 Å². The molecule has 6 nitrogen and oxygen atoms in total. The molecule has 1 aromatic carbocycles. The number of amides is 3. The van der Waals surface area contributed by atoms with Gasteiger partial charge in [-0.15, -0.1) is 0 Å². The molecule has 0 spiro atoms. The Morgan fingerprint density at radius 3 is 2.46 bits per heavy atom. The molecule has 1 heterocycles. The summed E-state index contributed by atoms with van der Waals surface area (Å²) >= 11 is 0. The standard InChI is InChI=1S/C22H28N4O2/c1-26(20(27)16-24-22(28)25-18-12-6-3-7-13-18)21(17-10-4-2-5-11-17)19-14-8-9-15-23-19/h2,4-5,8-11,14-15,18,21H,3,6-7,12-13,16H2,1H3,(H2,24,25,28). The third kappa shape index (κ3) is 5.31. The number of urea groups is 1. The maximum absolute atomic E-state index is 12.8. The van der Waals surface area contributed by atoms with Gasteiger partial charge in [-0.2, -0.15) is 0 Å². The molecule has 28 heavy (non-hydrogen) atoms. The number of carbonyl (C=O) groups is 2. The van der Waals surface area contributed by atoms with Gasteiger partial charge in [0.1, 0.15) is 0 Å². The van der Waals surface area contributed by atoms with E-state index in [1.807, 2.05) is 48.5 Å². The predicted octanol–water partition coefficient (Wildman–Crippen LogP) is 3.26. The molecule has 1 atom stereocenters. The Labute approximate surface area is 166 Å². The summed E-state index contributed by atoms with van der Waals surface area (Å²) in [5.41, 5.74) is 1.76. The molecule has 0 aliphatic heterocycles. The number of hydrogen-bond donors (Lipinski definition) is 2. The summed E-state index contributed by atoms with van der Waals surface area (Å²) in [5, 5.41) is 5.68. The maximum Gasteiger partial charge on any atom is 0.315 e. The van der Waals surface area contributed by atoms with Crippen LogP contribution >= 0.6 is 0 Å². The summed E-state index contributed by atoms with van der Waals surface area (Å²) in [4.78, 5) is 31.0. The van der Waals surface area contributed by atoms with Gasteiger partial charge >= 0.3 is 6.03 Å². The third-order valence-corrected chi connectivity index (χ3v) is 5.20. The van der Waals surface area contributed by atoms with Crippen molar-refractivity contribution in [2.45, 2.75) is 44.2 Å². The second-order valence-electron chi connectivity index (χ2n) is 7.23. The molecule has 0 saturated heterocycles. The molecule has 3 rings (SSSR count). The van der Waals surface area contributed by atoms with E-state index in [0.29, 0.717) is 0 Å². The van der Waals surface area contributed by atoms with Crippen LogP contribution in [-0.4, -0.2) is 41.5 Å². The summed E-state index contributed by atoms with van der Waals surface area (Å²) in [6.45, 7) is -0.0504. The summed E-state index contributed by atoms with van der Waals surface area (Å²) in [5.74, 6) is -0.168. The lowest BCUT2D eigenvalue weighted by atomic mass is 9.96. The maximum atomic E-state index is 12.8. The van der Waals surface area contributed by atoms with Crippen molar-refractivity contribution in [1.29, 1.82) is 0 Å². The highest BCUT2D eigenvalue weighted by molar-refractivity contribution is 5.84. The molecule has 3 amide bonds. The van der Waals surface area contributed by atoms with Crippen LogP contribution in [0.5, 0.6) is 0 Å². The number of likely N-dealkylation sites (N-methyl/N-ethyl adjacent to an activating group) is 1. The number of nitrogens with one attached hydrogen (secondary N) is 2. The average Bonchev–Trinajstić information content (AvgIpc) is 2.74. The van der Waals surface area contributed by atoms with Crippen molar-refractivity contribution in [2.24, 2.45) is 0 Å². The first kappa shape index (κ1) is 19.9. The van der Waals surface area contributed by atoms with Gasteiger partial charge in [-0.1, -0.05) is 55.7 Å². The van der Waals surface area contributed by atoms with Gasteiger partial charge in [-0.25, -0.2) is 4.79 Å². The van der Waals surface area contributed by atoms with Crippen LogP contribution in [0.1, 0.15) is 49.4 Å². The lowest BCUT2D eigenvalue weighted by molar-refractivity contribution is -0.130. The number of pyridine rings is 1. The SMILES string of the molecule is CN(C(=O)CNC(=O)NC1CCCCC1)C(c1ccccc1)c1ccccn1. The molecule has 1 fully saturated rings. The second-order valence-corrected chi connectivity index (χ2v) is 7.23. The summed E-state index contributed by atoms with van der Waals surface area (Å²) in [7, 11) is 1.75. The minimum absolute atomic E-state index is 0.0504. The van der Waals surface area contributed by atoms with Gasteiger partial charge < -0.3 is 15.5 Å². The number of carbonyl (C=O) groups excluding carboxylic acids is 2. The molecule has 148 valence electrons. The quantitative estimate of drug-likeness (QED) is 0.808. The highest BCUT2D eigenvalue weighted by Crippen LogP contribution is 2.25. The van der Waals surface area contributed by atoms with E-state index in [1.54, 1.807) is 18.1 Å². The molecule has 0 radical (unpaired) electrons. The smallest absolute Gasteiger partial charge is 0.315 e. The summed E-state index contributed by atoms with van der Waals surface area (Å²) < 4.78 is 0. The van der Waals surface area contributed by atoms with Crippen LogP contribution in [0.4, 0.5) is 4.79 Å². The number of nitrogens with zero attached hydrogens (tertiary/aromatic N) is 2. The zero-order valence-corrected chi connectivity index (χ0v) is 16.3. The minimum Gasteiger partial charge on any atom is -0.335 e. The molecular weight excluding hydrogens is 352 g/mol. The van der Waals surface area contributed by atoms with Gasteiger partial charge in [-0.05, 0) is 30.5 Å². The van der Waals surface area contributed by atoms with Gasteiger partial charge in [0.15, 0.2) is 0 Å². The van der Waals surface area contributed by atoms with E-state index in [4.69, 9.17) is 0 Å². The molecule has 1 aromatic heterocycles. The number of aromatic nitrogens is 1. The first-order chi connectivity index (χ1) is 13.6. The molecule has 1 aliphatic rings. The lowest BCUT2D eigenvalue weighted by Crippen LogP contribution is -2.47. The molecule has 2 N–H and O–H groups in total. The van der Waals surface area contributed by atoms with Crippen LogP contribution in [0.25, 0.3) is 0 Å². The van der Waals surface area contributed by atoms with Crippen molar-refractivity contribution in [1.82, 2.24) is 20.5 Å². The molecule has 0 bridgehead atoms. The Bertz CT molecular complexity index is 721. The van der Waals surface area contributed by atoms with Crippen LogP contribution in [-0.2, 0) is 4.79 Å². The zero-order chi connectivity index (χ0) is 19.8. The van der Waals surface area contributed by atoms with E-state index >= 15 is 0 Å². The van der Waals surface area contributed by atoms with E-state index in [9.17, 15) is 9.59 Å². The van der Waals surface area contributed by atoms with Crippen LogP contribution in [0, 0.1) is 0 Å². The molecule has 6 heteroatoms. The van der Waals surface area contributed by atoms with Crippen molar-refractivity contribution < 1.29 is 9.59 Å². The monoisotopic (exact) mass is 380 g/mol. The fourth-order valence-electron chi connectivity index (χ4n) is 3.67. The van der Waals surface area contributed by atoms with Crippen molar-refractivity contribution in [3.8, 4) is 0 Å². The average molecular weight is 380 g/mol. The van der Waals surface area contributed by atoms with Crippen LogP contribution in [0.3, 0.4) is 0 Å². The van der Waals surface area contributed by atoms with Crippen LogP contribution in [0.15, 0.2) is 54.7 Å². The van der Waals surface area contributed by atoms with E-state index < -0.39 is 0 Å². The largest absolute Gasteiger partial charge is 0.335 e. The first-order valence-electron chi connectivity index (χ1n) is 9.91. The van der Waals surface area contributed by atoms with E-state index in [-0.39, 0.29) is 30.6 Å². The predicted molar refractivity (Wildman–Crippen MR) is 109 cm³/mol. The number of benzene rings is 1. The Hall–Kier alpha value is -2.89. The Kier molecular flexibility index (Phi) is 7.00. The van der Waals surface area contributed by atoms with E-state index in [2.05, 4.69) is 15.6 Å². The third-order valence-electron chi connectivity index (χ3n) is 5.20. The fourth-order valence-corrected chi connectivity index (χ4v) is 3.67. The molecule has 1 aliphatic carbocycles. The second kappa shape index (κ2) is 9.88. The Morgan fingerprint density at radius 2 is 1.79 bits per heavy atom. The van der Waals surface area contributed by atoms with Gasteiger partial charge in [0.05, 0.1) is 18.3 Å². The molecule has 2 aromatic rings. The summed E-state index contributed by atoms with van der Waals surface area (Å²) in [6.07, 6.45) is 7.27. The Morgan fingerprint density at radius 1 is 1.07 bits per heavy atom. The van der Waals surface area contributed by atoms with Crippen LogP contribution in [0.2, 0.25) is 0 Å². The molecular formula is C22H28N4O2. The molecule has 1 saturated carbocycles. The van der Waals surface area contributed by atoms with Gasteiger partial charge in [0, 0.05) is 19.3 Å². The zero-order valence-electron chi connectivity index (χ0n) is 16.3. The highest BCUT2D eigenvalue weighted by atomic mass is 16.2. The van der Waals surface area contributed by atoms with Crippen LogP contribution < -0.4 is 10.6 Å². The van der Waals surface area contributed by atoms with E-state index in [0.717, 1.165) is 36.9 Å². The minimum atomic E-state index is -0.307. The first-order valence-corrected chi connectivity index (χ1v) is 9.91. The Balaban J connectivity index is 1.62. The number of rotatable bonds is 6. The van der Waals surface area contributed by atoms with E-state index in [1.165, 1.54) is 6.42 Å². The fraction of sp³-hybridized carbons (Fsp3) is 0.409. The van der Waals surface area contributed by atoms with Crippen molar-refractivity contribution in [3.05, 3.63) is 66.0 Å². The normalized spacial score (nSPS) is 15.5. The lowest BCUT2D eigenvalue weighted by Gasteiger charge is -2.29. The highest BCUT2D eigenvalue weighted by Gasteiger charge is 2.25. The van der Waals surface area contributed by atoms with Gasteiger partial charge in [-0.3, -0.25) is 9.78 Å². The topological polar surface area (TPSA) is 74.3 Å². The number of hydrogen-bond acceptors (Lipinski definition) is 3. The van der Waals surface area contributed by atoms with Gasteiger partial charge in [0.25, 0.3) is 0 Å². The summed E-state index contributed by atoms with van der Waals surface area (Å²) in [6, 6.07) is 15.1. The molecule has 1 unspecified atom stereocenters. The van der Waals surface area contributed by atoms with Crippen molar-refractivity contribution in [3.63, 3.8) is 0 Å².